The third kappa shape index (κ3) is 1.05. The van der Waals surface area contributed by atoms with Crippen LogP contribution in [0.15, 0.2) is 35.1 Å². The molecule has 3 aliphatic carbocycles. The summed E-state index contributed by atoms with van der Waals surface area (Å²) in [6, 6.07) is 0. The van der Waals surface area contributed by atoms with Crippen LogP contribution in [0.3, 0.4) is 0 Å². The molecule has 2 saturated carbocycles. The summed E-state index contributed by atoms with van der Waals surface area (Å²) in [6.07, 6.45) is 4.69. The first-order valence-corrected chi connectivity index (χ1v) is 6.51. The fourth-order valence-corrected chi connectivity index (χ4v) is 4.28. The molecule has 2 heteroatoms. The molecule has 0 unspecified atom stereocenters. The van der Waals surface area contributed by atoms with Crippen LogP contribution >= 0.6 is 0 Å². The molecule has 17 heavy (non-hydrogen) atoms. The Balaban J connectivity index is 1.83. The van der Waals surface area contributed by atoms with E-state index in [4.69, 9.17) is 4.74 Å². The third-order valence-electron chi connectivity index (χ3n) is 5.43. The zero-order chi connectivity index (χ0) is 11.8. The Morgan fingerprint density at radius 1 is 1.59 bits per heavy atom. The van der Waals surface area contributed by atoms with Gasteiger partial charge in [0.05, 0.1) is 6.61 Å². The predicted molar refractivity (Wildman–Crippen MR) is 65.1 cm³/mol. The van der Waals surface area contributed by atoms with E-state index in [2.05, 4.69) is 19.6 Å². The number of fused-ring (bicyclic) bond motifs is 4. The molecule has 0 spiro atoms. The van der Waals surface area contributed by atoms with Crippen molar-refractivity contribution in [2.45, 2.75) is 19.8 Å². The first kappa shape index (κ1) is 9.95. The zero-order valence-corrected chi connectivity index (χ0v) is 10.2. The molecule has 0 aromatic rings. The number of allylic oxidation sites excluding steroid dienone is 3. The van der Waals surface area contributed by atoms with Gasteiger partial charge in [-0.3, -0.25) is 0 Å². The van der Waals surface area contributed by atoms with E-state index in [1.165, 1.54) is 17.6 Å². The Kier molecular flexibility index (Phi) is 1.68. The minimum atomic E-state index is 0.134. The van der Waals surface area contributed by atoms with Gasteiger partial charge >= 0.3 is 0 Å². The van der Waals surface area contributed by atoms with Gasteiger partial charge in [-0.05, 0) is 53.2 Å². The summed E-state index contributed by atoms with van der Waals surface area (Å²) in [6.45, 7) is 7.40. The van der Waals surface area contributed by atoms with Crippen LogP contribution in [0.5, 0.6) is 0 Å². The van der Waals surface area contributed by atoms with E-state index in [-0.39, 0.29) is 12.0 Å². The van der Waals surface area contributed by atoms with Crippen molar-refractivity contribution in [3.05, 3.63) is 35.1 Å². The van der Waals surface area contributed by atoms with Crippen molar-refractivity contribution >= 4 is 0 Å². The summed E-state index contributed by atoms with van der Waals surface area (Å²) >= 11 is 0. The molecule has 0 aromatic carbocycles. The smallest absolute Gasteiger partial charge is 0.119 e. The molecule has 1 heterocycles. The molecule has 2 nitrogen and oxygen atoms in total. The van der Waals surface area contributed by atoms with E-state index in [0.717, 1.165) is 29.6 Å². The molecule has 4 aliphatic rings. The first-order valence-electron chi connectivity index (χ1n) is 6.51. The fourth-order valence-electron chi connectivity index (χ4n) is 4.28. The maximum atomic E-state index is 9.35. The van der Waals surface area contributed by atoms with Gasteiger partial charge in [0.15, 0.2) is 0 Å². The normalized spacial score (nSPS) is 46.1. The Morgan fingerprint density at radius 3 is 3.18 bits per heavy atom. The molecular weight excluding hydrogens is 212 g/mol. The number of hydrogen-bond acceptors (Lipinski definition) is 2. The number of ether oxygens (including phenoxy) is 1. The molecular formula is C15H18O2. The van der Waals surface area contributed by atoms with Crippen LogP contribution in [-0.4, -0.2) is 18.3 Å². The van der Waals surface area contributed by atoms with Crippen LogP contribution in [0, 0.1) is 23.2 Å². The molecule has 4 atom stereocenters. The van der Waals surface area contributed by atoms with Gasteiger partial charge in [-0.25, -0.2) is 0 Å². The van der Waals surface area contributed by atoms with Crippen LogP contribution in [-0.2, 0) is 4.74 Å². The van der Waals surface area contributed by atoms with E-state index in [1.807, 2.05) is 0 Å². The van der Waals surface area contributed by atoms with Crippen LogP contribution in [0.25, 0.3) is 0 Å². The summed E-state index contributed by atoms with van der Waals surface area (Å²) in [4.78, 5) is 0. The Bertz CT molecular complexity index is 485. The van der Waals surface area contributed by atoms with E-state index in [1.54, 1.807) is 0 Å². The average Bonchev–Trinajstić information content (AvgIpc) is 2.99. The second-order valence-corrected chi connectivity index (χ2v) is 6.18. The molecule has 0 aromatic heterocycles. The highest BCUT2D eigenvalue weighted by atomic mass is 16.5. The van der Waals surface area contributed by atoms with E-state index < -0.39 is 0 Å². The largest absolute Gasteiger partial charge is 0.489 e. The first-order chi connectivity index (χ1) is 8.15. The van der Waals surface area contributed by atoms with Gasteiger partial charge in [-0.15, -0.1) is 0 Å². The van der Waals surface area contributed by atoms with Gasteiger partial charge in [-0.2, -0.15) is 0 Å². The molecule has 0 radical (unpaired) electrons. The third-order valence-corrected chi connectivity index (χ3v) is 5.43. The van der Waals surface area contributed by atoms with Crippen molar-refractivity contribution in [3.8, 4) is 0 Å². The predicted octanol–water partition coefficient (Wildman–Crippen LogP) is 2.42. The molecule has 90 valence electrons. The summed E-state index contributed by atoms with van der Waals surface area (Å²) in [5.41, 5.74) is 4.06. The van der Waals surface area contributed by atoms with E-state index in [9.17, 15) is 5.11 Å². The van der Waals surface area contributed by atoms with Gasteiger partial charge in [0, 0.05) is 0 Å². The van der Waals surface area contributed by atoms with Crippen molar-refractivity contribution in [1.29, 1.82) is 0 Å². The van der Waals surface area contributed by atoms with Crippen molar-refractivity contribution in [2.75, 3.05) is 13.2 Å². The summed E-state index contributed by atoms with van der Waals surface area (Å²) < 4.78 is 5.73. The molecule has 0 saturated heterocycles. The SMILES string of the molecule is C=C1[C@H]2C[C@H]2[C@]2(C)C=C3OCC(CO)=C3C[C@@H]12. The Morgan fingerprint density at radius 2 is 2.41 bits per heavy atom. The Hall–Kier alpha value is -1.02. The lowest BCUT2D eigenvalue weighted by Crippen LogP contribution is -2.29. The van der Waals surface area contributed by atoms with Crippen molar-refractivity contribution < 1.29 is 9.84 Å². The molecule has 0 bridgehead atoms. The number of aliphatic hydroxyl groups is 1. The highest BCUT2D eigenvalue weighted by Crippen LogP contribution is 2.70. The van der Waals surface area contributed by atoms with Gasteiger partial charge < -0.3 is 9.84 Å². The van der Waals surface area contributed by atoms with Crippen LogP contribution in [0.4, 0.5) is 0 Å². The maximum absolute atomic E-state index is 9.35. The van der Waals surface area contributed by atoms with E-state index >= 15 is 0 Å². The van der Waals surface area contributed by atoms with Crippen molar-refractivity contribution in [3.63, 3.8) is 0 Å². The van der Waals surface area contributed by atoms with Crippen LogP contribution in [0.2, 0.25) is 0 Å². The standard InChI is InChI=1S/C15H18O2/c1-8-10-3-13(10)15(2)5-14-11(4-12(8)15)9(6-16)7-17-14/h5,10,12-13,16H,1,3-4,6-7H2,2H3/t10-,12+,13-,15-/m1/s1. The van der Waals surface area contributed by atoms with E-state index in [0.29, 0.717) is 12.5 Å². The molecule has 1 aliphatic heterocycles. The lowest BCUT2D eigenvalue weighted by Gasteiger charge is -2.36. The van der Waals surface area contributed by atoms with Crippen LogP contribution < -0.4 is 0 Å². The summed E-state index contributed by atoms with van der Waals surface area (Å²) in [5, 5.41) is 9.35. The Labute approximate surface area is 102 Å². The molecule has 1 N–H and O–H groups in total. The number of aliphatic hydroxyl groups excluding tert-OH is 1. The quantitative estimate of drug-likeness (QED) is 0.701. The van der Waals surface area contributed by atoms with Crippen LogP contribution in [0.1, 0.15) is 19.8 Å². The van der Waals surface area contributed by atoms with Gasteiger partial charge in [0.1, 0.15) is 12.4 Å². The highest BCUT2D eigenvalue weighted by molar-refractivity contribution is 5.47. The summed E-state index contributed by atoms with van der Waals surface area (Å²) in [5.74, 6) is 3.19. The molecule has 4 rings (SSSR count). The summed E-state index contributed by atoms with van der Waals surface area (Å²) in [7, 11) is 0. The average molecular weight is 230 g/mol. The minimum absolute atomic E-state index is 0.134. The van der Waals surface area contributed by atoms with Crippen molar-refractivity contribution in [1.82, 2.24) is 0 Å². The topological polar surface area (TPSA) is 29.5 Å². The monoisotopic (exact) mass is 230 g/mol. The van der Waals surface area contributed by atoms with Gasteiger partial charge in [-0.1, -0.05) is 19.1 Å². The van der Waals surface area contributed by atoms with Gasteiger partial charge in [0.25, 0.3) is 0 Å². The maximum Gasteiger partial charge on any atom is 0.119 e. The highest BCUT2D eigenvalue weighted by Gasteiger charge is 2.63. The lowest BCUT2D eigenvalue weighted by atomic mass is 9.67. The number of hydrogen-bond donors (Lipinski definition) is 1. The lowest BCUT2D eigenvalue weighted by molar-refractivity contribution is 0.215. The van der Waals surface area contributed by atoms with Gasteiger partial charge in [0.2, 0.25) is 0 Å². The van der Waals surface area contributed by atoms with Crippen molar-refractivity contribution in [2.24, 2.45) is 23.2 Å². The number of rotatable bonds is 1. The second-order valence-electron chi connectivity index (χ2n) is 6.18. The fraction of sp³-hybridized carbons (Fsp3) is 0.600. The second kappa shape index (κ2) is 2.86. The molecule has 0 amide bonds. The molecule has 2 fully saturated rings. The zero-order valence-electron chi connectivity index (χ0n) is 10.2. The minimum Gasteiger partial charge on any atom is -0.489 e.